The minimum absolute atomic E-state index is 0.504. The van der Waals surface area contributed by atoms with Gasteiger partial charge in [0.25, 0.3) is 0 Å². The molecule has 3 heteroatoms. The largest absolute Gasteiger partial charge is 0.481 e. The number of ether oxygens (including phenoxy) is 1. The number of benzene rings is 1. The first kappa shape index (κ1) is 13.6. The molecule has 0 aliphatic carbocycles. The molecule has 0 saturated carbocycles. The molecule has 1 heterocycles. The first-order valence-electron chi connectivity index (χ1n) is 6.52. The lowest BCUT2D eigenvalue weighted by Crippen LogP contribution is -2.21. The van der Waals surface area contributed by atoms with E-state index in [-0.39, 0.29) is 0 Å². The second-order valence-corrected chi connectivity index (χ2v) is 4.82. The van der Waals surface area contributed by atoms with Crippen molar-refractivity contribution in [3.05, 3.63) is 48.2 Å². The molecule has 100 valence electrons. The van der Waals surface area contributed by atoms with Crippen LogP contribution in [0.5, 0.6) is 5.88 Å². The molecule has 0 aliphatic heterocycles. The maximum atomic E-state index is 5.14. The summed E-state index contributed by atoms with van der Waals surface area (Å²) in [4.78, 5) is 4.12. The number of methoxy groups -OCH3 is 1. The van der Waals surface area contributed by atoms with E-state index in [2.05, 4.69) is 48.4 Å². The van der Waals surface area contributed by atoms with Gasteiger partial charge in [0.1, 0.15) is 0 Å². The number of aromatic nitrogens is 1. The fraction of sp³-hybridized carbons (Fsp3) is 0.312. The Bertz CT molecular complexity index is 521. The van der Waals surface area contributed by atoms with Gasteiger partial charge >= 0.3 is 0 Å². The van der Waals surface area contributed by atoms with Crippen molar-refractivity contribution in [2.75, 3.05) is 7.11 Å². The van der Waals surface area contributed by atoms with Gasteiger partial charge in [0.2, 0.25) is 5.88 Å². The van der Waals surface area contributed by atoms with Gasteiger partial charge in [-0.3, -0.25) is 0 Å². The third-order valence-corrected chi connectivity index (χ3v) is 2.95. The van der Waals surface area contributed by atoms with Crippen molar-refractivity contribution in [1.29, 1.82) is 0 Å². The molecule has 2 aromatic rings. The Morgan fingerprint density at radius 2 is 1.84 bits per heavy atom. The number of hydrogen-bond donors (Lipinski definition) is 1. The van der Waals surface area contributed by atoms with Gasteiger partial charge in [0, 0.05) is 24.8 Å². The van der Waals surface area contributed by atoms with E-state index in [0.717, 1.165) is 12.1 Å². The summed E-state index contributed by atoms with van der Waals surface area (Å²) in [5.74, 6) is 0.642. The molecule has 19 heavy (non-hydrogen) atoms. The number of nitrogens with zero attached hydrogens (tertiary/aromatic N) is 1. The van der Waals surface area contributed by atoms with Gasteiger partial charge in [0.05, 0.1) is 7.11 Å². The van der Waals surface area contributed by atoms with Gasteiger partial charge < -0.3 is 10.1 Å². The zero-order valence-corrected chi connectivity index (χ0v) is 11.7. The van der Waals surface area contributed by atoms with Crippen LogP contribution >= 0.6 is 0 Å². The van der Waals surface area contributed by atoms with Crippen molar-refractivity contribution < 1.29 is 4.74 Å². The zero-order chi connectivity index (χ0) is 13.7. The van der Waals surface area contributed by atoms with Crippen LogP contribution in [0.3, 0.4) is 0 Å². The summed E-state index contributed by atoms with van der Waals surface area (Å²) in [7, 11) is 1.63. The lowest BCUT2D eigenvalue weighted by Gasteiger charge is -2.09. The van der Waals surface area contributed by atoms with Crippen LogP contribution in [0, 0.1) is 0 Å². The molecule has 0 spiro atoms. The van der Waals surface area contributed by atoms with Crippen LogP contribution in [0.4, 0.5) is 0 Å². The van der Waals surface area contributed by atoms with Crippen molar-refractivity contribution in [3.63, 3.8) is 0 Å². The van der Waals surface area contributed by atoms with E-state index >= 15 is 0 Å². The molecular weight excluding hydrogens is 236 g/mol. The maximum Gasteiger partial charge on any atom is 0.213 e. The summed E-state index contributed by atoms with van der Waals surface area (Å²) in [6.45, 7) is 5.20. The van der Waals surface area contributed by atoms with Gasteiger partial charge in [0.15, 0.2) is 0 Å². The van der Waals surface area contributed by atoms with Crippen molar-refractivity contribution in [2.24, 2.45) is 0 Å². The van der Waals surface area contributed by atoms with Gasteiger partial charge in [-0.15, -0.1) is 0 Å². The van der Waals surface area contributed by atoms with E-state index < -0.39 is 0 Å². The van der Waals surface area contributed by atoms with Crippen LogP contribution in [-0.4, -0.2) is 18.1 Å². The van der Waals surface area contributed by atoms with E-state index in [0.29, 0.717) is 11.9 Å². The fourth-order valence-corrected chi connectivity index (χ4v) is 1.84. The second kappa shape index (κ2) is 6.34. The van der Waals surface area contributed by atoms with E-state index in [1.165, 1.54) is 11.1 Å². The maximum absolute atomic E-state index is 5.14. The minimum atomic E-state index is 0.504. The second-order valence-electron chi connectivity index (χ2n) is 4.82. The first-order valence-corrected chi connectivity index (χ1v) is 6.52. The predicted octanol–water partition coefficient (Wildman–Crippen LogP) is 3.26. The molecule has 3 nitrogen and oxygen atoms in total. The summed E-state index contributed by atoms with van der Waals surface area (Å²) in [5, 5.41) is 3.41. The molecule has 0 amide bonds. The van der Waals surface area contributed by atoms with Crippen molar-refractivity contribution in [3.8, 4) is 17.0 Å². The summed E-state index contributed by atoms with van der Waals surface area (Å²) < 4.78 is 5.14. The highest BCUT2D eigenvalue weighted by Crippen LogP contribution is 2.22. The first-order chi connectivity index (χ1) is 9.19. The zero-order valence-electron chi connectivity index (χ0n) is 11.7. The van der Waals surface area contributed by atoms with Gasteiger partial charge in [-0.2, -0.15) is 0 Å². The van der Waals surface area contributed by atoms with Crippen LogP contribution in [-0.2, 0) is 6.54 Å². The Morgan fingerprint density at radius 3 is 2.47 bits per heavy atom. The molecule has 0 unspecified atom stereocenters. The van der Waals surface area contributed by atoms with E-state index in [9.17, 15) is 0 Å². The molecule has 0 bridgehead atoms. The Labute approximate surface area is 114 Å². The third-order valence-electron chi connectivity index (χ3n) is 2.95. The third kappa shape index (κ3) is 3.80. The molecule has 0 fully saturated rings. The molecule has 0 saturated heterocycles. The summed E-state index contributed by atoms with van der Waals surface area (Å²) >= 11 is 0. The van der Waals surface area contributed by atoms with Crippen molar-refractivity contribution in [1.82, 2.24) is 10.3 Å². The lowest BCUT2D eigenvalue weighted by atomic mass is 10.0. The number of hydrogen-bond acceptors (Lipinski definition) is 3. The summed E-state index contributed by atoms with van der Waals surface area (Å²) in [5.41, 5.74) is 3.59. The number of pyridine rings is 1. The highest BCUT2D eigenvalue weighted by molar-refractivity contribution is 5.64. The Balaban J connectivity index is 2.13. The van der Waals surface area contributed by atoms with Gasteiger partial charge in [-0.05, 0) is 22.8 Å². The average molecular weight is 256 g/mol. The van der Waals surface area contributed by atoms with Crippen LogP contribution in [0.25, 0.3) is 11.1 Å². The van der Waals surface area contributed by atoms with Crippen LogP contribution < -0.4 is 10.1 Å². The fourth-order valence-electron chi connectivity index (χ4n) is 1.84. The van der Waals surface area contributed by atoms with E-state index in [4.69, 9.17) is 4.74 Å². The van der Waals surface area contributed by atoms with Crippen molar-refractivity contribution >= 4 is 0 Å². The number of nitrogens with one attached hydrogen (secondary N) is 1. The Morgan fingerprint density at radius 1 is 1.11 bits per heavy atom. The predicted molar refractivity (Wildman–Crippen MR) is 78.2 cm³/mol. The summed E-state index contributed by atoms with van der Waals surface area (Å²) in [6, 6.07) is 13.0. The molecule has 0 aliphatic rings. The number of rotatable bonds is 5. The standard InChI is InChI=1S/C16H20N2O/c1-12(2)18-11-13-4-6-14(7-5-13)15-8-9-17-16(10-15)19-3/h4-10,12,18H,11H2,1-3H3. The van der Waals surface area contributed by atoms with Crippen LogP contribution in [0.15, 0.2) is 42.6 Å². The summed E-state index contributed by atoms with van der Waals surface area (Å²) in [6.07, 6.45) is 1.77. The highest BCUT2D eigenvalue weighted by atomic mass is 16.5. The molecule has 1 aromatic heterocycles. The van der Waals surface area contributed by atoms with E-state index in [1.807, 2.05) is 12.1 Å². The lowest BCUT2D eigenvalue weighted by molar-refractivity contribution is 0.398. The van der Waals surface area contributed by atoms with Crippen LogP contribution in [0.1, 0.15) is 19.4 Å². The molecular formula is C16H20N2O. The van der Waals surface area contributed by atoms with E-state index in [1.54, 1.807) is 13.3 Å². The molecule has 0 radical (unpaired) electrons. The topological polar surface area (TPSA) is 34.1 Å². The van der Waals surface area contributed by atoms with Gasteiger partial charge in [-0.25, -0.2) is 4.98 Å². The SMILES string of the molecule is COc1cc(-c2ccc(CNC(C)C)cc2)ccn1. The smallest absolute Gasteiger partial charge is 0.213 e. The monoisotopic (exact) mass is 256 g/mol. The van der Waals surface area contributed by atoms with Crippen molar-refractivity contribution in [2.45, 2.75) is 26.4 Å². The minimum Gasteiger partial charge on any atom is -0.481 e. The quantitative estimate of drug-likeness (QED) is 0.891. The Hall–Kier alpha value is -1.87. The molecule has 2 rings (SSSR count). The van der Waals surface area contributed by atoms with Gasteiger partial charge in [-0.1, -0.05) is 38.1 Å². The normalized spacial score (nSPS) is 10.7. The molecule has 1 aromatic carbocycles. The van der Waals surface area contributed by atoms with Crippen LogP contribution in [0.2, 0.25) is 0 Å². The molecule has 0 atom stereocenters. The highest BCUT2D eigenvalue weighted by Gasteiger charge is 2.01. The molecule has 1 N–H and O–H groups in total. The Kier molecular flexibility index (Phi) is 4.53. The average Bonchev–Trinajstić information content (AvgIpc) is 2.45.